The second kappa shape index (κ2) is 8.30. The third kappa shape index (κ3) is 5.95. The zero-order valence-electron chi connectivity index (χ0n) is 11.6. The molecule has 0 heterocycles. The third-order valence-corrected chi connectivity index (χ3v) is 3.60. The Balaban J connectivity index is 2.50. The van der Waals surface area contributed by atoms with Gasteiger partial charge in [-0.15, -0.1) is 0 Å². The van der Waals surface area contributed by atoms with Gasteiger partial charge in [0, 0.05) is 12.6 Å². The van der Waals surface area contributed by atoms with Crippen molar-refractivity contribution in [2.75, 3.05) is 6.54 Å². The van der Waals surface area contributed by atoms with Crippen molar-refractivity contribution in [1.82, 2.24) is 5.32 Å². The number of carbonyl (C=O) groups is 1. The van der Waals surface area contributed by atoms with E-state index >= 15 is 0 Å². The molecule has 0 radical (unpaired) electrons. The minimum Gasteiger partial charge on any atom is -0.393 e. The molecule has 0 saturated carbocycles. The predicted molar refractivity (Wildman–Crippen MR) is 84.0 cm³/mol. The van der Waals surface area contributed by atoms with Crippen LogP contribution in [0.3, 0.4) is 0 Å². The normalized spacial score (nSPS) is 14.2. The summed E-state index contributed by atoms with van der Waals surface area (Å²) in [7, 11) is 0. The summed E-state index contributed by atoms with van der Waals surface area (Å²) in [5, 5.41) is 12.9. The molecule has 0 fully saturated rings. The van der Waals surface area contributed by atoms with E-state index in [1.807, 2.05) is 6.92 Å². The lowest BCUT2D eigenvalue weighted by Gasteiger charge is -2.13. The molecule has 1 aromatic carbocycles. The number of carbonyl (C=O) groups excluding carboxylic acids is 1. The van der Waals surface area contributed by atoms with Gasteiger partial charge in [0.2, 0.25) is 5.91 Å². The fourth-order valence-electron chi connectivity index (χ4n) is 1.81. The van der Waals surface area contributed by atoms with Crippen LogP contribution in [0.4, 0.5) is 0 Å². The zero-order valence-corrected chi connectivity index (χ0v) is 13.1. The van der Waals surface area contributed by atoms with Gasteiger partial charge in [-0.05, 0) is 37.0 Å². The van der Waals surface area contributed by atoms with Crippen LogP contribution in [0, 0.1) is 5.92 Å². The van der Waals surface area contributed by atoms with Crippen molar-refractivity contribution in [3.05, 3.63) is 39.9 Å². The molecule has 2 unspecified atom stereocenters. The lowest BCUT2D eigenvalue weighted by Crippen LogP contribution is -2.27. The highest BCUT2D eigenvalue weighted by Gasteiger charge is 2.07. The summed E-state index contributed by atoms with van der Waals surface area (Å²) in [4.78, 5) is 11.7. The molecular weight excluding hydrogens is 297 g/mol. The van der Waals surface area contributed by atoms with Crippen molar-refractivity contribution >= 4 is 35.2 Å². The topological polar surface area (TPSA) is 49.3 Å². The maximum Gasteiger partial charge on any atom is 0.244 e. The van der Waals surface area contributed by atoms with Crippen molar-refractivity contribution in [2.45, 2.75) is 26.4 Å². The number of aliphatic hydroxyl groups is 1. The predicted octanol–water partition coefficient (Wildman–Crippen LogP) is 3.53. The van der Waals surface area contributed by atoms with Gasteiger partial charge in [0.25, 0.3) is 0 Å². The van der Waals surface area contributed by atoms with Gasteiger partial charge < -0.3 is 10.4 Å². The van der Waals surface area contributed by atoms with Crippen LogP contribution in [-0.4, -0.2) is 23.7 Å². The summed E-state index contributed by atoms with van der Waals surface area (Å²) in [6.45, 7) is 4.24. The number of halogens is 2. The lowest BCUT2D eigenvalue weighted by molar-refractivity contribution is -0.116. The van der Waals surface area contributed by atoms with E-state index in [1.54, 1.807) is 31.2 Å². The van der Waals surface area contributed by atoms with Crippen LogP contribution in [0.5, 0.6) is 0 Å². The Hall–Kier alpha value is -1.03. The number of rotatable bonds is 6. The molecule has 1 amide bonds. The van der Waals surface area contributed by atoms with Crippen LogP contribution in [0.2, 0.25) is 10.0 Å². The molecule has 0 spiro atoms. The van der Waals surface area contributed by atoms with Crippen LogP contribution in [-0.2, 0) is 4.79 Å². The standard InChI is InChI=1S/C15H19Cl2NO2/c1-10(8-11(2)19)9-18-14(20)7-6-12-4-3-5-13(16)15(12)17/h3-7,10-11,19H,8-9H2,1-2H3,(H,18,20). The molecule has 0 aromatic heterocycles. The minimum atomic E-state index is -0.359. The average Bonchev–Trinajstić information content (AvgIpc) is 2.37. The summed E-state index contributed by atoms with van der Waals surface area (Å²) in [6, 6.07) is 5.25. The molecule has 0 aliphatic heterocycles. The van der Waals surface area contributed by atoms with Crippen molar-refractivity contribution in [1.29, 1.82) is 0 Å². The Labute approximate surface area is 129 Å². The van der Waals surface area contributed by atoms with Crippen LogP contribution >= 0.6 is 23.2 Å². The Kier molecular flexibility index (Phi) is 7.06. The number of hydrogen-bond donors (Lipinski definition) is 2. The number of amides is 1. The molecule has 3 nitrogen and oxygen atoms in total. The molecule has 0 bridgehead atoms. The van der Waals surface area contributed by atoms with Gasteiger partial charge in [-0.3, -0.25) is 4.79 Å². The molecule has 5 heteroatoms. The summed E-state index contributed by atoms with van der Waals surface area (Å²) in [6.07, 6.45) is 3.35. The Bertz CT molecular complexity index is 487. The van der Waals surface area contributed by atoms with Crippen molar-refractivity contribution in [3.8, 4) is 0 Å². The third-order valence-electron chi connectivity index (χ3n) is 2.76. The quantitative estimate of drug-likeness (QED) is 0.789. The molecule has 2 N–H and O–H groups in total. The van der Waals surface area contributed by atoms with E-state index < -0.39 is 0 Å². The fourth-order valence-corrected chi connectivity index (χ4v) is 2.18. The van der Waals surface area contributed by atoms with E-state index in [1.165, 1.54) is 6.08 Å². The van der Waals surface area contributed by atoms with Crippen molar-refractivity contribution in [2.24, 2.45) is 5.92 Å². The van der Waals surface area contributed by atoms with Crippen molar-refractivity contribution < 1.29 is 9.90 Å². The highest BCUT2D eigenvalue weighted by Crippen LogP contribution is 2.26. The highest BCUT2D eigenvalue weighted by atomic mass is 35.5. The first kappa shape index (κ1) is 17.0. The average molecular weight is 316 g/mol. The highest BCUT2D eigenvalue weighted by molar-refractivity contribution is 6.42. The van der Waals surface area contributed by atoms with Gasteiger partial charge in [-0.25, -0.2) is 0 Å². The molecule has 1 aromatic rings. The number of nitrogens with one attached hydrogen (secondary N) is 1. The Morgan fingerprint density at radius 1 is 1.40 bits per heavy atom. The van der Waals surface area contributed by atoms with E-state index in [2.05, 4.69) is 5.32 Å². The number of hydrogen-bond acceptors (Lipinski definition) is 2. The molecule has 0 saturated heterocycles. The molecule has 0 aliphatic carbocycles. The first-order valence-electron chi connectivity index (χ1n) is 6.48. The van der Waals surface area contributed by atoms with Crippen LogP contribution in [0.25, 0.3) is 6.08 Å². The summed E-state index contributed by atoms with van der Waals surface area (Å²) in [5.41, 5.74) is 0.700. The van der Waals surface area contributed by atoms with E-state index in [0.717, 1.165) is 0 Å². The molecule has 110 valence electrons. The monoisotopic (exact) mass is 315 g/mol. The second-order valence-electron chi connectivity index (χ2n) is 4.91. The summed E-state index contributed by atoms with van der Waals surface area (Å²) >= 11 is 11.9. The van der Waals surface area contributed by atoms with E-state index in [9.17, 15) is 9.90 Å². The van der Waals surface area contributed by atoms with E-state index in [-0.39, 0.29) is 17.9 Å². The Morgan fingerprint density at radius 2 is 2.10 bits per heavy atom. The first-order valence-corrected chi connectivity index (χ1v) is 7.23. The van der Waals surface area contributed by atoms with Crippen LogP contribution in [0.15, 0.2) is 24.3 Å². The van der Waals surface area contributed by atoms with Crippen molar-refractivity contribution in [3.63, 3.8) is 0 Å². The Morgan fingerprint density at radius 3 is 2.75 bits per heavy atom. The van der Waals surface area contributed by atoms with Gasteiger partial charge >= 0.3 is 0 Å². The van der Waals surface area contributed by atoms with Crippen LogP contribution < -0.4 is 5.32 Å². The molecule has 2 atom stereocenters. The molecule has 1 rings (SSSR count). The maximum atomic E-state index is 11.7. The summed E-state index contributed by atoms with van der Waals surface area (Å²) < 4.78 is 0. The zero-order chi connectivity index (χ0) is 15.1. The number of benzene rings is 1. The van der Waals surface area contributed by atoms with Gasteiger partial charge in [0.05, 0.1) is 16.1 Å². The van der Waals surface area contributed by atoms with Crippen LogP contribution in [0.1, 0.15) is 25.8 Å². The number of aliphatic hydroxyl groups excluding tert-OH is 1. The van der Waals surface area contributed by atoms with Gasteiger partial charge in [0.1, 0.15) is 0 Å². The van der Waals surface area contributed by atoms with E-state index in [4.69, 9.17) is 23.2 Å². The molecular formula is C15H19Cl2NO2. The van der Waals surface area contributed by atoms with Gasteiger partial charge in [0.15, 0.2) is 0 Å². The fraction of sp³-hybridized carbons (Fsp3) is 0.400. The lowest BCUT2D eigenvalue weighted by atomic mass is 10.0. The first-order chi connectivity index (χ1) is 9.40. The molecule has 0 aliphatic rings. The van der Waals surface area contributed by atoms with Gasteiger partial charge in [-0.1, -0.05) is 42.3 Å². The summed E-state index contributed by atoms with van der Waals surface area (Å²) in [5.74, 6) is 0.0283. The minimum absolute atomic E-state index is 0.196. The largest absolute Gasteiger partial charge is 0.393 e. The SMILES string of the molecule is CC(O)CC(C)CNC(=O)C=Cc1cccc(Cl)c1Cl. The second-order valence-corrected chi connectivity index (χ2v) is 5.70. The maximum absolute atomic E-state index is 11.7. The molecule has 20 heavy (non-hydrogen) atoms. The van der Waals surface area contributed by atoms with Gasteiger partial charge in [-0.2, -0.15) is 0 Å². The van der Waals surface area contributed by atoms with E-state index in [0.29, 0.717) is 28.6 Å². The smallest absolute Gasteiger partial charge is 0.244 e.